The van der Waals surface area contributed by atoms with Crippen LogP contribution in [-0.4, -0.2) is 6.18 Å². The fraction of sp³-hybridized carbons (Fsp3) is 0.333. The van der Waals surface area contributed by atoms with Crippen molar-refractivity contribution in [2.45, 2.75) is 19.1 Å². The van der Waals surface area contributed by atoms with Gasteiger partial charge >= 0.3 is 6.18 Å². The third-order valence-corrected chi connectivity index (χ3v) is 1.99. The monoisotopic (exact) mass is 204 g/mol. The Labute approximate surface area is 79.9 Å². The van der Waals surface area contributed by atoms with Gasteiger partial charge in [0.05, 0.1) is 0 Å². The Morgan fingerprint density at radius 3 is 2.29 bits per heavy atom. The van der Waals surface area contributed by atoms with Crippen molar-refractivity contribution < 1.29 is 13.2 Å². The van der Waals surface area contributed by atoms with E-state index in [1.165, 1.54) is 6.07 Å². The third kappa shape index (κ3) is 2.24. The minimum atomic E-state index is -4.37. The molecule has 0 aliphatic rings. The second-order valence-corrected chi connectivity index (χ2v) is 3.00. The Morgan fingerprint density at radius 2 is 1.86 bits per heavy atom. The Hall–Kier alpha value is -1.07. The fourth-order valence-corrected chi connectivity index (χ4v) is 1.27. The van der Waals surface area contributed by atoms with Gasteiger partial charge in [-0.15, -0.1) is 0 Å². The number of alkyl halides is 3. The molecule has 0 heterocycles. The zero-order valence-electron chi connectivity index (χ0n) is 7.60. The summed E-state index contributed by atoms with van der Waals surface area (Å²) in [5.41, 5.74) is 2.49. The van der Waals surface area contributed by atoms with E-state index < -0.39 is 12.2 Å². The van der Waals surface area contributed by atoms with Crippen molar-refractivity contribution in [2.75, 3.05) is 0 Å². The highest BCUT2D eigenvalue weighted by atomic mass is 19.4. The first-order valence-electron chi connectivity index (χ1n) is 4.05. The van der Waals surface area contributed by atoms with Crippen LogP contribution in [-0.2, 0) is 0 Å². The van der Waals surface area contributed by atoms with E-state index in [1.54, 1.807) is 30.5 Å². The predicted molar refractivity (Wildman–Crippen MR) is 47.3 cm³/mol. The maximum Gasteiger partial charge on any atom is 0.409 e. The fourth-order valence-electron chi connectivity index (χ4n) is 1.27. The van der Waals surface area contributed by atoms with E-state index in [4.69, 9.17) is 5.84 Å². The first-order valence-corrected chi connectivity index (χ1v) is 4.05. The summed E-state index contributed by atoms with van der Waals surface area (Å²) < 4.78 is 37.3. The van der Waals surface area contributed by atoms with Crippen LogP contribution in [0, 0.1) is 6.92 Å². The summed E-state index contributed by atoms with van der Waals surface area (Å²) >= 11 is 0. The van der Waals surface area contributed by atoms with Gasteiger partial charge in [-0.2, -0.15) is 13.2 Å². The van der Waals surface area contributed by atoms with Crippen molar-refractivity contribution >= 4 is 0 Å². The zero-order chi connectivity index (χ0) is 10.8. The van der Waals surface area contributed by atoms with Crippen LogP contribution < -0.4 is 11.3 Å². The van der Waals surface area contributed by atoms with Crippen molar-refractivity contribution in [2.24, 2.45) is 5.84 Å². The van der Waals surface area contributed by atoms with Gasteiger partial charge in [-0.3, -0.25) is 5.84 Å². The summed E-state index contributed by atoms with van der Waals surface area (Å²) in [5, 5.41) is 0. The molecule has 1 rings (SSSR count). The highest BCUT2D eigenvalue weighted by Gasteiger charge is 2.40. The first kappa shape index (κ1) is 11.0. The molecule has 1 unspecified atom stereocenters. The molecular formula is C9H11F3N2. The van der Waals surface area contributed by atoms with Gasteiger partial charge in [0.2, 0.25) is 0 Å². The van der Waals surface area contributed by atoms with Gasteiger partial charge in [0.25, 0.3) is 0 Å². The van der Waals surface area contributed by atoms with Crippen LogP contribution >= 0.6 is 0 Å². The molecule has 0 saturated carbocycles. The summed E-state index contributed by atoms with van der Waals surface area (Å²) in [6.07, 6.45) is -4.37. The van der Waals surface area contributed by atoms with Crippen molar-refractivity contribution in [3.05, 3.63) is 35.4 Å². The molecule has 0 spiro atoms. The summed E-state index contributed by atoms with van der Waals surface area (Å²) in [7, 11) is 0. The Morgan fingerprint density at radius 1 is 1.29 bits per heavy atom. The van der Waals surface area contributed by atoms with E-state index in [9.17, 15) is 13.2 Å². The number of hydrogen-bond donors (Lipinski definition) is 2. The molecule has 2 nitrogen and oxygen atoms in total. The molecule has 1 aromatic rings. The summed E-state index contributed by atoms with van der Waals surface area (Å²) in [4.78, 5) is 0. The van der Waals surface area contributed by atoms with Gasteiger partial charge < -0.3 is 0 Å². The average molecular weight is 204 g/mol. The molecule has 0 bridgehead atoms. The summed E-state index contributed by atoms with van der Waals surface area (Å²) in [5.74, 6) is 4.89. The normalized spacial score (nSPS) is 14.1. The van der Waals surface area contributed by atoms with E-state index >= 15 is 0 Å². The minimum absolute atomic E-state index is 0.155. The molecule has 0 aliphatic carbocycles. The number of rotatable bonds is 2. The number of hydrogen-bond acceptors (Lipinski definition) is 2. The maximum atomic E-state index is 12.4. The summed E-state index contributed by atoms with van der Waals surface area (Å²) in [6, 6.07) is 4.46. The first-order chi connectivity index (χ1) is 6.46. The number of aryl methyl sites for hydroxylation is 1. The highest BCUT2D eigenvalue weighted by Crippen LogP contribution is 2.33. The molecule has 78 valence electrons. The van der Waals surface area contributed by atoms with E-state index in [0.717, 1.165) is 0 Å². The average Bonchev–Trinajstić information content (AvgIpc) is 2.07. The van der Waals surface area contributed by atoms with Gasteiger partial charge in [-0.1, -0.05) is 24.3 Å². The van der Waals surface area contributed by atoms with Crippen LogP contribution in [0.5, 0.6) is 0 Å². The van der Waals surface area contributed by atoms with Crippen LogP contribution in [0.2, 0.25) is 0 Å². The lowest BCUT2D eigenvalue weighted by molar-refractivity contribution is -0.157. The molecule has 0 aromatic heterocycles. The number of benzene rings is 1. The molecule has 5 heteroatoms. The van der Waals surface area contributed by atoms with E-state index in [1.807, 2.05) is 0 Å². The lowest BCUT2D eigenvalue weighted by Gasteiger charge is -2.21. The Balaban J connectivity index is 3.08. The quantitative estimate of drug-likeness (QED) is 0.571. The van der Waals surface area contributed by atoms with E-state index in [0.29, 0.717) is 5.56 Å². The lowest BCUT2D eigenvalue weighted by Crippen LogP contribution is -2.38. The SMILES string of the molecule is Cc1ccccc1C(NN)C(F)(F)F. The molecule has 0 amide bonds. The van der Waals surface area contributed by atoms with Crippen molar-refractivity contribution in [3.63, 3.8) is 0 Å². The van der Waals surface area contributed by atoms with Crippen LogP contribution in [0.1, 0.15) is 17.2 Å². The van der Waals surface area contributed by atoms with Crippen molar-refractivity contribution in [1.29, 1.82) is 0 Å². The van der Waals surface area contributed by atoms with Crippen LogP contribution in [0.25, 0.3) is 0 Å². The topological polar surface area (TPSA) is 38.0 Å². The van der Waals surface area contributed by atoms with Crippen molar-refractivity contribution in [3.8, 4) is 0 Å². The van der Waals surface area contributed by atoms with Gasteiger partial charge in [0.1, 0.15) is 6.04 Å². The predicted octanol–water partition coefficient (Wildman–Crippen LogP) is 2.06. The maximum absolute atomic E-state index is 12.4. The molecule has 0 saturated heterocycles. The molecular weight excluding hydrogens is 193 g/mol. The number of nitrogens with one attached hydrogen (secondary N) is 1. The number of nitrogens with two attached hydrogens (primary N) is 1. The van der Waals surface area contributed by atoms with Crippen LogP contribution in [0.15, 0.2) is 24.3 Å². The molecule has 1 aromatic carbocycles. The van der Waals surface area contributed by atoms with Gasteiger partial charge in [0.15, 0.2) is 0 Å². The van der Waals surface area contributed by atoms with Gasteiger partial charge in [-0.05, 0) is 18.1 Å². The van der Waals surface area contributed by atoms with Gasteiger partial charge in [0, 0.05) is 0 Å². The number of hydrazine groups is 1. The second-order valence-electron chi connectivity index (χ2n) is 3.00. The van der Waals surface area contributed by atoms with E-state index in [-0.39, 0.29) is 5.56 Å². The molecule has 14 heavy (non-hydrogen) atoms. The molecule has 3 N–H and O–H groups in total. The lowest BCUT2D eigenvalue weighted by atomic mass is 10.0. The standard InChI is InChI=1S/C9H11F3N2/c1-6-4-2-3-5-7(6)8(14-13)9(10,11)12/h2-5,8,14H,13H2,1H3. The Kier molecular flexibility index (Phi) is 3.13. The van der Waals surface area contributed by atoms with Crippen molar-refractivity contribution in [1.82, 2.24) is 5.43 Å². The zero-order valence-corrected chi connectivity index (χ0v) is 7.60. The molecule has 0 aliphatic heterocycles. The third-order valence-electron chi connectivity index (χ3n) is 1.99. The Bertz CT molecular complexity index is 309. The second kappa shape index (κ2) is 3.98. The van der Waals surface area contributed by atoms with Crippen LogP contribution in [0.3, 0.4) is 0 Å². The molecule has 1 atom stereocenters. The van der Waals surface area contributed by atoms with Crippen LogP contribution in [0.4, 0.5) is 13.2 Å². The summed E-state index contributed by atoms with van der Waals surface area (Å²) in [6.45, 7) is 1.62. The molecule has 0 fully saturated rings. The van der Waals surface area contributed by atoms with Gasteiger partial charge in [-0.25, -0.2) is 5.43 Å². The minimum Gasteiger partial charge on any atom is -0.271 e. The number of halogens is 3. The highest BCUT2D eigenvalue weighted by molar-refractivity contribution is 5.29. The smallest absolute Gasteiger partial charge is 0.271 e. The molecule has 0 radical (unpaired) electrons. The van der Waals surface area contributed by atoms with E-state index in [2.05, 4.69) is 0 Å². The largest absolute Gasteiger partial charge is 0.409 e.